The molecule has 0 saturated heterocycles. The zero-order valence-electron chi connectivity index (χ0n) is 4.54. The van der Waals surface area contributed by atoms with E-state index in [-0.39, 0.29) is 26.2 Å². The molecule has 0 amide bonds. The van der Waals surface area contributed by atoms with Crippen LogP contribution >= 0.6 is 0 Å². The molecule has 0 aromatic carbocycles. The molecule has 0 rings (SSSR count). The Balaban J connectivity index is 0. The van der Waals surface area contributed by atoms with Gasteiger partial charge in [-0.25, -0.2) is 0 Å². The van der Waals surface area contributed by atoms with E-state index in [0.29, 0.717) is 19.3 Å². The second kappa shape index (κ2) is 10.3. The first kappa shape index (κ1) is 11.1. The number of hydrogen-bond acceptors (Lipinski definition) is 2. The minimum Gasteiger partial charge on any atom is -0.303 e. The smallest absolute Gasteiger partial charge is 0.120 e. The topological polar surface area (TPSA) is 34.1 Å². The van der Waals surface area contributed by atoms with Crippen molar-refractivity contribution in [1.29, 1.82) is 0 Å². The first-order valence-corrected chi connectivity index (χ1v) is 2.29. The van der Waals surface area contributed by atoms with E-state index in [1.54, 1.807) is 0 Å². The summed E-state index contributed by atoms with van der Waals surface area (Å²) in [4.78, 5) is 19.1. The van der Waals surface area contributed by atoms with Crippen LogP contribution in [0.5, 0.6) is 0 Å². The van der Waals surface area contributed by atoms with Crippen LogP contribution in [0.25, 0.3) is 0 Å². The summed E-state index contributed by atoms with van der Waals surface area (Å²) >= 11 is 0. The quantitative estimate of drug-likeness (QED) is 0.422. The van der Waals surface area contributed by atoms with Crippen LogP contribution in [0.3, 0.4) is 0 Å². The van der Waals surface area contributed by atoms with Gasteiger partial charge in [-0.05, 0) is 6.42 Å². The van der Waals surface area contributed by atoms with Crippen LogP contribution in [-0.4, -0.2) is 38.8 Å². The molecule has 0 aliphatic carbocycles. The molecular formula is C5H8BiO2. The van der Waals surface area contributed by atoms with Crippen LogP contribution in [0.1, 0.15) is 19.3 Å². The molecule has 3 radical (unpaired) electrons. The predicted octanol–water partition coefficient (Wildman–Crippen LogP) is 0.174. The average molecular weight is 309 g/mol. The van der Waals surface area contributed by atoms with Crippen molar-refractivity contribution in [2.75, 3.05) is 0 Å². The van der Waals surface area contributed by atoms with Crippen LogP contribution in [0.2, 0.25) is 0 Å². The summed E-state index contributed by atoms with van der Waals surface area (Å²) in [7, 11) is 0. The van der Waals surface area contributed by atoms with Crippen molar-refractivity contribution in [2.24, 2.45) is 0 Å². The number of carbonyl (C=O) groups excluding carboxylic acids is 2. The van der Waals surface area contributed by atoms with Crippen molar-refractivity contribution in [1.82, 2.24) is 0 Å². The van der Waals surface area contributed by atoms with Crippen molar-refractivity contribution in [3.05, 3.63) is 0 Å². The first-order chi connectivity index (χ1) is 3.41. The van der Waals surface area contributed by atoms with Crippen molar-refractivity contribution in [3.63, 3.8) is 0 Å². The van der Waals surface area contributed by atoms with Gasteiger partial charge in [-0.2, -0.15) is 0 Å². The fourth-order valence-corrected chi connectivity index (χ4v) is 0.285. The van der Waals surface area contributed by atoms with E-state index in [1.807, 2.05) is 0 Å². The number of carbonyl (C=O) groups is 2. The van der Waals surface area contributed by atoms with Gasteiger partial charge < -0.3 is 9.59 Å². The van der Waals surface area contributed by atoms with Crippen LogP contribution in [-0.2, 0) is 9.59 Å². The zero-order chi connectivity index (χ0) is 5.54. The Bertz CT molecular complexity index is 55.4. The molecule has 45 valence electrons. The van der Waals surface area contributed by atoms with Gasteiger partial charge in [0.1, 0.15) is 12.6 Å². The van der Waals surface area contributed by atoms with Crippen molar-refractivity contribution < 1.29 is 9.59 Å². The van der Waals surface area contributed by atoms with Gasteiger partial charge in [-0.1, -0.05) is 0 Å². The van der Waals surface area contributed by atoms with E-state index >= 15 is 0 Å². The van der Waals surface area contributed by atoms with Gasteiger partial charge in [0.2, 0.25) is 0 Å². The summed E-state index contributed by atoms with van der Waals surface area (Å²) in [6.07, 6.45) is 3.37. The SMILES string of the molecule is O=CCCCC=O.[Bi]. The molecule has 3 heteroatoms. The minimum atomic E-state index is 0. The van der Waals surface area contributed by atoms with Gasteiger partial charge in [0.05, 0.1) is 0 Å². The molecular weight excluding hydrogens is 301 g/mol. The summed E-state index contributed by atoms with van der Waals surface area (Å²) in [6, 6.07) is 0. The van der Waals surface area contributed by atoms with Crippen LogP contribution in [0.15, 0.2) is 0 Å². The fraction of sp³-hybridized carbons (Fsp3) is 0.600. The molecule has 0 saturated carbocycles. The Morgan fingerprint density at radius 3 is 1.62 bits per heavy atom. The van der Waals surface area contributed by atoms with Crippen LogP contribution in [0, 0.1) is 0 Å². The monoisotopic (exact) mass is 309 g/mol. The third-order valence-corrected chi connectivity index (χ3v) is 0.644. The second-order valence-corrected chi connectivity index (χ2v) is 1.26. The summed E-state index contributed by atoms with van der Waals surface area (Å²) in [5.41, 5.74) is 0. The molecule has 0 aromatic heterocycles. The van der Waals surface area contributed by atoms with Gasteiger partial charge in [0, 0.05) is 39.0 Å². The Kier molecular flexibility index (Phi) is 14.2. The standard InChI is InChI=1S/C5H8O2.Bi/c6-4-2-1-3-5-7;/h4-5H,1-3H2;. The van der Waals surface area contributed by atoms with Crippen molar-refractivity contribution in [3.8, 4) is 0 Å². The number of hydrogen-bond donors (Lipinski definition) is 0. The third kappa shape index (κ3) is 9.52. The Morgan fingerprint density at radius 1 is 1.00 bits per heavy atom. The minimum absolute atomic E-state index is 0. The number of aldehydes is 2. The summed E-state index contributed by atoms with van der Waals surface area (Å²) in [6.45, 7) is 0. The van der Waals surface area contributed by atoms with Crippen LogP contribution in [0.4, 0.5) is 0 Å². The van der Waals surface area contributed by atoms with E-state index in [1.165, 1.54) is 0 Å². The zero-order valence-corrected chi connectivity index (χ0v) is 8.02. The molecule has 0 N–H and O–H groups in total. The van der Waals surface area contributed by atoms with E-state index < -0.39 is 0 Å². The van der Waals surface area contributed by atoms with Gasteiger partial charge >= 0.3 is 0 Å². The van der Waals surface area contributed by atoms with Gasteiger partial charge in [-0.3, -0.25) is 0 Å². The number of rotatable bonds is 4. The third-order valence-electron chi connectivity index (χ3n) is 0.644. The second-order valence-electron chi connectivity index (χ2n) is 1.26. The number of unbranched alkanes of at least 4 members (excludes halogenated alkanes) is 2. The molecule has 0 unspecified atom stereocenters. The van der Waals surface area contributed by atoms with Gasteiger partial charge in [0.15, 0.2) is 0 Å². The molecule has 0 aliphatic rings. The molecule has 0 aliphatic heterocycles. The van der Waals surface area contributed by atoms with E-state index in [4.69, 9.17) is 0 Å². The molecule has 0 aromatic rings. The maximum absolute atomic E-state index is 9.56. The molecule has 2 nitrogen and oxygen atoms in total. The Hall–Kier alpha value is 0.223. The summed E-state index contributed by atoms with van der Waals surface area (Å²) in [5, 5.41) is 0. The largest absolute Gasteiger partial charge is 0.303 e. The predicted molar refractivity (Wildman–Crippen MR) is 31.7 cm³/mol. The molecule has 0 heterocycles. The van der Waals surface area contributed by atoms with Crippen LogP contribution < -0.4 is 0 Å². The van der Waals surface area contributed by atoms with Gasteiger partial charge in [0.25, 0.3) is 0 Å². The van der Waals surface area contributed by atoms with E-state index in [2.05, 4.69) is 0 Å². The van der Waals surface area contributed by atoms with Gasteiger partial charge in [-0.15, -0.1) is 0 Å². The van der Waals surface area contributed by atoms with Crippen molar-refractivity contribution >= 4 is 38.8 Å². The normalized spacial score (nSPS) is 7.00. The average Bonchev–Trinajstić information content (AvgIpc) is 1.69. The summed E-state index contributed by atoms with van der Waals surface area (Å²) in [5.74, 6) is 0. The van der Waals surface area contributed by atoms with Crippen molar-refractivity contribution in [2.45, 2.75) is 19.3 Å². The molecule has 0 atom stereocenters. The Labute approximate surface area is 67.8 Å². The van der Waals surface area contributed by atoms with E-state index in [9.17, 15) is 9.59 Å². The maximum Gasteiger partial charge on any atom is 0.120 e. The fourth-order valence-electron chi connectivity index (χ4n) is 0.285. The molecule has 0 fully saturated rings. The molecule has 0 bridgehead atoms. The molecule has 8 heavy (non-hydrogen) atoms. The summed E-state index contributed by atoms with van der Waals surface area (Å²) < 4.78 is 0. The molecule has 0 spiro atoms. The van der Waals surface area contributed by atoms with E-state index in [0.717, 1.165) is 12.6 Å². The Morgan fingerprint density at radius 2 is 1.38 bits per heavy atom. The first-order valence-electron chi connectivity index (χ1n) is 2.29. The maximum atomic E-state index is 9.56.